The van der Waals surface area contributed by atoms with E-state index >= 15 is 0 Å². The molecule has 19 heavy (non-hydrogen) atoms. The fraction of sp³-hybridized carbons (Fsp3) is 0.267. The van der Waals surface area contributed by atoms with Gasteiger partial charge in [0.05, 0.1) is 0 Å². The summed E-state index contributed by atoms with van der Waals surface area (Å²) in [6.45, 7) is 3.12. The van der Waals surface area contributed by atoms with Crippen molar-refractivity contribution in [2.24, 2.45) is 0 Å². The summed E-state index contributed by atoms with van der Waals surface area (Å²) in [5, 5.41) is 3.28. The predicted molar refractivity (Wildman–Crippen MR) is 86.7 cm³/mol. The molecule has 0 spiro atoms. The summed E-state index contributed by atoms with van der Waals surface area (Å²) in [7, 11) is 0. The third kappa shape index (κ3) is 4.88. The maximum absolute atomic E-state index is 4.41. The first-order valence-electron chi connectivity index (χ1n) is 6.35. The summed E-state index contributed by atoms with van der Waals surface area (Å²) in [4.78, 5) is 5.68. The maximum atomic E-state index is 4.41. The first kappa shape index (κ1) is 14.4. The monoisotopic (exact) mass is 336 g/mol. The summed E-state index contributed by atoms with van der Waals surface area (Å²) >= 11 is 5.31. The molecule has 1 heterocycles. The van der Waals surface area contributed by atoms with Crippen LogP contribution in [0.1, 0.15) is 18.9 Å². The molecule has 1 N–H and O–H groups in total. The van der Waals surface area contributed by atoms with Gasteiger partial charge in [0.2, 0.25) is 0 Å². The van der Waals surface area contributed by atoms with Crippen LogP contribution in [0.2, 0.25) is 0 Å². The van der Waals surface area contributed by atoms with Crippen molar-refractivity contribution >= 4 is 33.5 Å². The minimum atomic E-state index is 0.942. The lowest BCUT2D eigenvalue weighted by molar-refractivity contribution is 0.968. The first-order chi connectivity index (χ1) is 9.28. The number of anilines is 1. The highest BCUT2D eigenvalue weighted by molar-refractivity contribution is 9.10. The molecule has 0 radical (unpaired) electrons. The highest BCUT2D eigenvalue weighted by Crippen LogP contribution is 2.25. The normalized spacial score (nSPS) is 10.4. The predicted octanol–water partition coefficient (Wildman–Crippen LogP) is 4.96. The lowest BCUT2D eigenvalue weighted by atomic mass is 10.3. The number of thioether (sulfide) groups is 1. The molecule has 2 nitrogen and oxygen atoms in total. The van der Waals surface area contributed by atoms with Crippen LogP contribution in [0.5, 0.6) is 0 Å². The van der Waals surface area contributed by atoms with Gasteiger partial charge in [0.25, 0.3) is 0 Å². The van der Waals surface area contributed by atoms with Gasteiger partial charge in [-0.2, -0.15) is 0 Å². The standard InChI is InChI=1S/C15H17BrN2S/c1-2-8-17-15-7-6-12(10-18-15)11-19-14-5-3-4-13(16)9-14/h3-7,9-10H,2,8,11H2,1H3,(H,17,18). The molecule has 0 fully saturated rings. The van der Waals surface area contributed by atoms with Gasteiger partial charge in [-0.25, -0.2) is 4.98 Å². The van der Waals surface area contributed by atoms with E-state index in [1.54, 1.807) is 0 Å². The average molecular weight is 337 g/mol. The van der Waals surface area contributed by atoms with E-state index < -0.39 is 0 Å². The molecule has 0 aliphatic rings. The van der Waals surface area contributed by atoms with E-state index in [0.717, 1.165) is 29.0 Å². The van der Waals surface area contributed by atoms with Crippen molar-refractivity contribution < 1.29 is 0 Å². The van der Waals surface area contributed by atoms with Gasteiger partial charge >= 0.3 is 0 Å². The van der Waals surface area contributed by atoms with Crippen LogP contribution < -0.4 is 5.32 Å². The van der Waals surface area contributed by atoms with Crippen LogP contribution >= 0.6 is 27.7 Å². The lowest BCUT2D eigenvalue weighted by Gasteiger charge is -2.05. The molecule has 2 rings (SSSR count). The molecule has 100 valence electrons. The molecular weight excluding hydrogens is 320 g/mol. The van der Waals surface area contributed by atoms with Gasteiger partial charge in [-0.1, -0.05) is 35.0 Å². The Bertz CT molecular complexity index is 514. The number of nitrogens with one attached hydrogen (secondary N) is 1. The van der Waals surface area contributed by atoms with E-state index in [1.807, 2.05) is 30.1 Å². The fourth-order valence-corrected chi connectivity index (χ4v) is 3.03. The summed E-state index contributed by atoms with van der Waals surface area (Å²) in [5.41, 5.74) is 1.24. The van der Waals surface area contributed by atoms with E-state index in [2.05, 4.69) is 57.4 Å². The quantitative estimate of drug-likeness (QED) is 0.754. The summed E-state index contributed by atoms with van der Waals surface area (Å²) in [5.74, 6) is 1.90. The van der Waals surface area contributed by atoms with Gasteiger partial charge in [-0.3, -0.25) is 0 Å². The third-order valence-electron chi connectivity index (χ3n) is 2.58. The average Bonchev–Trinajstić information content (AvgIpc) is 2.44. The number of halogens is 1. The number of aromatic nitrogens is 1. The van der Waals surface area contributed by atoms with Gasteiger partial charge in [-0.15, -0.1) is 11.8 Å². The number of rotatable bonds is 6. The molecule has 2 aromatic rings. The number of nitrogens with zero attached hydrogens (tertiary/aromatic N) is 1. The zero-order chi connectivity index (χ0) is 13.5. The van der Waals surface area contributed by atoms with E-state index in [1.165, 1.54) is 10.5 Å². The molecule has 0 saturated heterocycles. The Morgan fingerprint density at radius 3 is 2.84 bits per heavy atom. The minimum Gasteiger partial charge on any atom is -0.370 e. The molecule has 1 aromatic carbocycles. The zero-order valence-electron chi connectivity index (χ0n) is 10.9. The van der Waals surface area contributed by atoms with Gasteiger partial charge in [0, 0.05) is 27.9 Å². The van der Waals surface area contributed by atoms with Crippen molar-refractivity contribution in [2.75, 3.05) is 11.9 Å². The number of benzene rings is 1. The van der Waals surface area contributed by atoms with Gasteiger partial charge in [0.15, 0.2) is 0 Å². The SMILES string of the molecule is CCCNc1ccc(CSc2cccc(Br)c2)cn1. The second-order valence-corrected chi connectivity index (χ2v) is 6.19. The Kier molecular flexibility index (Phi) is 5.73. The van der Waals surface area contributed by atoms with Crippen molar-refractivity contribution in [1.29, 1.82) is 0 Å². The minimum absolute atomic E-state index is 0.942. The first-order valence-corrected chi connectivity index (χ1v) is 8.13. The third-order valence-corrected chi connectivity index (χ3v) is 4.14. The lowest BCUT2D eigenvalue weighted by Crippen LogP contribution is -2.01. The maximum Gasteiger partial charge on any atom is 0.125 e. The Labute approximate surface area is 127 Å². The van der Waals surface area contributed by atoms with Gasteiger partial charge < -0.3 is 5.32 Å². The highest BCUT2D eigenvalue weighted by atomic mass is 79.9. The van der Waals surface area contributed by atoms with Gasteiger partial charge in [-0.05, 0) is 36.2 Å². The van der Waals surface area contributed by atoms with Crippen molar-refractivity contribution in [1.82, 2.24) is 4.98 Å². The largest absolute Gasteiger partial charge is 0.370 e. The van der Waals surface area contributed by atoms with E-state index in [-0.39, 0.29) is 0 Å². The van der Waals surface area contributed by atoms with E-state index in [9.17, 15) is 0 Å². The summed E-state index contributed by atoms with van der Waals surface area (Å²) in [6.07, 6.45) is 3.06. The Balaban J connectivity index is 1.89. The number of hydrogen-bond acceptors (Lipinski definition) is 3. The molecule has 1 aromatic heterocycles. The van der Waals surface area contributed by atoms with E-state index in [4.69, 9.17) is 0 Å². The fourth-order valence-electron chi connectivity index (χ4n) is 1.59. The molecule has 0 aliphatic carbocycles. The topological polar surface area (TPSA) is 24.9 Å². The van der Waals surface area contributed by atoms with E-state index in [0.29, 0.717) is 0 Å². The Morgan fingerprint density at radius 1 is 1.26 bits per heavy atom. The molecule has 0 aliphatic heterocycles. The zero-order valence-corrected chi connectivity index (χ0v) is 13.3. The van der Waals surface area contributed by atoms with Crippen LogP contribution in [0.15, 0.2) is 52.0 Å². The smallest absolute Gasteiger partial charge is 0.125 e. The Hall–Kier alpha value is -1.00. The van der Waals surface area contributed by atoms with Crippen molar-refractivity contribution in [3.8, 4) is 0 Å². The molecule has 0 amide bonds. The van der Waals surface area contributed by atoms with Crippen molar-refractivity contribution in [3.05, 3.63) is 52.6 Å². The molecule has 0 saturated carbocycles. The van der Waals surface area contributed by atoms with Gasteiger partial charge in [0.1, 0.15) is 5.82 Å². The molecule has 0 bridgehead atoms. The molecule has 4 heteroatoms. The van der Waals surface area contributed by atoms with Crippen LogP contribution in [-0.2, 0) is 5.75 Å². The van der Waals surface area contributed by atoms with Crippen LogP contribution in [0.3, 0.4) is 0 Å². The summed E-state index contributed by atoms with van der Waals surface area (Å²) in [6, 6.07) is 12.5. The molecule has 0 atom stereocenters. The molecule has 0 unspecified atom stereocenters. The summed E-state index contributed by atoms with van der Waals surface area (Å²) < 4.78 is 1.12. The Morgan fingerprint density at radius 2 is 2.16 bits per heavy atom. The van der Waals surface area contributed by atoms with Crippen LogP contribution in [-0.4, -0.2) is 11.5 Å². The van der Waals surface area contributed by atoms with Crippen molar-refractivity contribution in [2.45, 2.75) is 24.0 Å². The second-order valence-electron chi connectivity index (χ2n) is 4.22. The van der Waals surface area contributed by atoms with Crippen molar-refractivity contribution in [3.63, 3.8) is 0 Å². The molecular formula is C15H17BrN2S. The van der Waals surface area contributed by atoms with Crippen LogP contribution in [0, 0.1) is 0 Å². The highest BCUT2D eigenvalue weighted by Gasteiger charge is 1.99. The number of hydrogen-bond donors (Lipinski definition) is 1. The van der Waals surface area contributed by atoms with Crippen LogP contribution in [0.4, 0.5) is 5.82 Å². The second kappa shape index (κ2) is 7.56. The number of pyridine rings is 1. The van der Waals surface area contributed by atoms with Crippen LogP contribution in [0.25, 0.3) is 0 Å².